The van der Waals surface area contributed by atoms with Gasteiger partial charge in [0.25, 0.3) is 5.91 Å². The standard InChI is InChI=1S/C22H19ClN4O2S/c1-13-19-11-20(30-22(19)27(26-13)18-8-4-6-16(23)10-18)21(29)24-12-15-5-3-7-17(9-15)25-14(2)28/h3-11H,12H2,1-2H3,(H,24,29)(H,25,28). The van der Waals surface area contributed by atoms with Gasteiger partial charge in [-0.15, -0.1) is 11.3 Å². The largest absolute Gasteiger partial charge is 0.347 e. The van der Waals surface area contributed by atoms with Gasteiger partial charge in [-0.1, -0.05) is 29.8 Å². The molecule has 0 atom stereocenters. The molecule has 0 saturated heterocycles. The first kappa shape index (κ1) is 20.1. The van der Waals surface area contributed by atoms with Crippen LogP contribution >= 0.6 is 22.9 Å². The lowest BCUT2D eigenvalue weighted by atomic mass is 10.2. The third kappa shape index (κ3) is 4.22. The lowest BCUT2D eigenvalue weighted by molar-refractivity contribution is -0.114. The Bertz CT molecular complexity index is 1260. The fourth-order valence-corrected chi connectivity index (χ4v) is 4.46. The number of carbonyl (C=O) groups excluding carboxylic acids is 2. The summed E-state index contributed by atoms with van der Waals surface area (Å²) in [6, 6.07) is 16.7. The van der Waals surface area contributed by atoms with Crippen LogP contribution in [0.2, 0.25) is 5.02 Å². The molecule has 0 bridgehead atoms. The van der Waals surface area contributed by atoms with Crippen LogP contribution in [0, 0.1) is 6.92 Å². The SMILES string of the molecule is CC(=O)Nc1cccc(CNC(=O)c2cc3c(C)nn(-c4cccc(Cl)c4)c3s2)c1. The second kappa shape index (κ2) is 8.30. The summed E-state index contributed by atoms with van der Waals surface area (Å²) in [6.07, 6.45) is 0. The third-order valence-electron chi connectivity index (χ3n) is 4.52. The molecule has 4 rings (SSSR count). The van der Waals surface area contributed by atoms with Gasteiger partial charge in [0.1, 0.15) is 4.83 Å². The molecule has 30 heavy (non-hydrogen) atoms. The number of fused-ring (bicyclic) bond motifs is 1. The first-order valence-electron chi connectivity index (χ1n) is 9.30. The number of benzene rings is 2. The highest BCUT2D eigenvalue weighted by molar-refractivity contribution is 7.20. The number of thiophene rings is 1. The van der Waals surface area contributed by atoms with Gasteiger partial charge in [0.05, 0.1) is 16.3 Å². The summed E-state index contributed by atoms with van der Waals surface area (Å²) in [6.45, 7) is 3.74. The molecule has 0 aliphatic carbocycles. The van der Waals surface area contributed by atoms with Crippen molar-refractivity contribution in [3.63, 3.8) is 0 Å². The van der Waals surface area contributed by atoms with Gasteiger partial charge in [0, 0.05) is 29.6 Å². The van der Waals surface area contributed by atoms with Crippen molar-refractivity contribution in [3.8, 4) is 5.69 Å². The van der Waals surface area contributed by atoms with Crippen LogP contribution in [0.1, 0.15) is 27.9 Å². The molecule has 0 unspecified atom stereocenters. The maximum absolute atomic E-state index is 12.7. The summed E-state index contributed by atoms with van der Waals surface area (Å²) in [7, 11) is 0. The molecular formula is C22H19ClN4O2S. The van der Waals surface area contributed by atoms with Gasteiger partial charge in [-0.25, -0.2) is 4.68 Å². The predicted octanol–water partition coefficient (Wildman–Crippen LogP) is 4.94. The van der Waals surface area contributed by atoms with Crippen LogP contribution in [-0.4, -0.2) is 21.6 Å². The van der Waals surface area contributed by atoms with Gasteiger partial charge in [0.2, 0.25) is 5.91 Å². The molecule has 8 heteroatoms. The van der Waals surface area contributed by atoms with E-state index < -0.39 is 0 Å². The minimum Gasteiger partial charge on any atom is -0.347 e. The maximum Gasteiger partial charge on any atom is 0.261 e. The number of aryl methyl sites for hydroxylation is 1. The highest BCUT2D eigenvalue weighted by atomic mass is 35.5. The second-order valence-electron chi connectivity index (χ2n) is 6.87. The lowest BCUT2D eigenvalue weighted by Gasteiger charge is -2.07. The van der Waals surface area contributed by atoms with Crippen LogP contribution in [0.25, 0.3) is 15.9 Å². The number of anilines is 1. The fourth-order valence-electron chi connectivity index (χ4n) is 3.17. The van der Waals surface area contributed by atoms with E-state index in [1.54, 1.807) is 0 Å². The third-order valence-corrected chi connectivity index (χ3v) is 5.87. The Balaban J connectivity index is 1.54. The number of halogens is 1. The van der Waals surface area contributed by atoms with E-state index in [2.05, 4.69) is 15.7 Å². The van der Waals surface area contributed by atoms with Crippen LogP contribution in [0.4, 0.5) is 5.69 Å². The van der Waals surface area contributed by atoms with E-state index in [-0.39, 0.29) is 11.8 Å². The summed E-state index contributed by atoms with van der Waals surface area (Å²) < 4.78 is 1.81. The van der Waals surface area contributed by atoms with Crippen LogP contribution in [-0.2, 0) is 11.3 Å². The minimum absolute atomic E-state index is 0.134. The van der Waals surface area contributed by atoms with E-state index in [9.17, 15) is 9.59 Å². The van der Waals surface area contributed by atoms with E-state index in [4.69, 9.17) is 11.6 Å². The van der Waals surface area contributed by atoms with Crippen molar-refractivity contribution in [3.05, 3.63) is 75.8 Å². The van der Waals surface area contributed by atoms with Gasteiger partial charge in [-0.05, 0) is 48.9 Å². The van der Waals surface area contributed by atoms with Crippen molar-refractivity contribution in [2.24, 2.45) is 0 Å². The molecule has 152 valence electrons. The summed E-state index contributed by atoms with van der Waals surface area (Å²) in [5.74, 6) is -0.288. The molecule has 0 spiro atoms. The van der Waals surface area contributed by atoms with Crippen molar-refractivity contribution >= 4 is 50.7 Å². The van der Waals surface area contributed by atoms with Gasteiger partial charge in [-0.2, -0.15) is 5.10 Å². The summed E-state index contributed by atoms with van der Waals surface area (Å²) in [5.41, 5.74) is 3.30. The quantitative estimate of drug-likeness (QED) is 0.463. The zero-order valence-electron chi connectivity index (χ0n) is 16.4. The minimum atomic E-state index is -0.154. The van der Waals surface area contributed by atoms with Gasteiger partial charge in [-0.3, -0.25) is 9.59 Å². The van der Waals surface area contributed by atoms with E-state index in [0.717, 1.165) is 27.2 Å². The number of nitrogens with zero attached hydrogens (tertiary/aromatic N) is 2. The molecule has 0 saturated carbocycles. The number of rotatable bonds is 5. The van der Waals surface area contributed by atoms with Gasteiger partial charge >= 0.3 is 0 Å². The average Bonchev–Trinajstić information content (AvgIpc) is 3.27. The zero-order valence-corrected chi connectivity index (χ0v) is 18.0. The van der Waals surface area contributed by atoms with Crippen LogP contribution in [0.15, 0.2) is 54.6 Å². The molecule has 2 aromatic carbocycles. The Morgan fingerprint density at radius 2 is 1.93 bits per heavy atom. The molecule has 2 N–H and O–H groups in total. The topological polar surface area (TPSA) is 76.0 Å². The Labute approximate surface area is 182 Å². The molecular weight excluding hydrogens is 420 g/mol. The summed E-state index contributed by atoms with van der Waals surface area (Å²) in [4.78, 5) is 25.5. The van der Waals surface area contributed by atoms with E-state index in [1.807, 2.05) is 66.2 Å². The molecule has 0 radical (unpaired) electrons. The lowest BCUT2D eigenvalue weighted by Crippen LogP contribution is -2.21. The van der Waals surface area contributed by atoms with Crippen molar-refractivity contribution < 1.29 is 9.59 Å². The highest BCUT2D eigenvalue weighted by Gasteiger charge is 2.17. The van der Waals surface area contributed by atoms with E-state index >= 15 is 0 Å². The molecule has 0 aliphatic rings. The van der Waals surface area contributed by atoms with Crippen molar-refractivity contribution in [1.82, 2.24) is 15.1 Å². The van der Waals surface area contributed by atoms with E-state index in [0.29, 0.717) is 22.1 Å². The summed E-state index contributed by atoms with van der Waals surface area (Å²) >= 11 is 7.51. The van der Waals surface area contributed by atoms with Gasteiger partial charge < -0.3 is 10.6 Å². The maximum atomic E-state index is 12.7. The molecule has 2 heterocycles. The average molecular weight is 439 g/mol. The molecule has 4 aromatic rings. The first-order valence-corrected chi connectivity index (χ1v) is 10.5. The number of aromatic nitrogens is 2. The van der Waals surface area contributed by atoms with E-state index in [1.165, 1.54) is 18.3 Å². The number of nitrogens with one attached hydrogen (secondary N) is 2. The van der Waals surface area contributed by atoms with Crippen molar-refractivity contribution in [1.29, 1.82) is 0 Å². The fraction of sp³-hybridized carbons (Fsp3) is 0.136. The molecule has 6 nitrogen and oxygen atoms in total. The zero-order chi connectivity index (χ0) is 21.3. The smallest absolute Gasteiger partial charge is 0.261 e. The normalized spacial score (nSPS) is 10.9. The molecule has 2 amide bonds. The Hall–Kier alpha value is -3.16. The number of hydrogen-bond donors (Lipinski definition) is 2. The first-order chi connectivity index (χ1) is 14.4. The molecule has 0 fully saturated rings. The van der Waals surface area contributed by atoms with Crippen LogP contribution < -0.4 is 10.6 Å². The summed E-state index contributed by atoms with van der Waals surface area (Å²) in [5, 5.41) is 11.8. The van der Waals surface area contributed by atoms with Crippen molar-refractivity contribution in [2.45, 2.75) is 20.4 Å². The predicted molar refractivity (Wildman–Crippen MR) is 121 cm³/mol. The molecule has 0 aliphatic heterocycles. The Kier molecular flexibility index (Phi) is 5.57. The van der Waals surface area contributed by atoms with Crippen LogP contribution in [0.5, 0.6) is 0 Å². The highest BCUT2D eigenvalue weighted by Crippen LogP contribution is 2.31. The Morgan fingerprint density at radius 1 is 1.13 bits per heavy atom. The number of carbonyl (C=O) groups is 2. The Morgan fingerprint density at radius 3 is 2.70 bits per heavy atom. The van der Waals surface area contributed by atoms with Gasteiger partial charge in [0.15, 0.2) is 0 Å². The molecule has 2 aromatic heterocycles. The van der Waals surface area contributed by atoms with Crippen LogP contribution in [0.3, 0.4) is 0 Å². The number of hydrogen-bond acceptors (Lipinski definition) is 4. The second-order valence-corrected chi connectivity index (χ2v) is 8.34. The monoisotopic (exact) mass is 438 g/mol. The van der Waals surface area contributed by atoms with Crippen molar-refractivity contribution in [2.75, 3.05) is 5.32 Å². The number of amides is 2.